The summed E-state index contributed by atoms with van der Waals surface area (Å²) < 4.78 is 6.56. The van der Waals surface area contributed by atoms with Crippen LogP contribution in [0.4, 0.5) is 5.95 Å². The molecule has 5 aromatic rings. The van der Waals surface area contributed by atoms with Crippen molar-refractivity contribution in [1.29, 1.82) is 5.26 Å². The van der Waals surface area contributed by atoms with Gasteiger partial charge in [-0.1, -0.05) is 42.5 Å². The highest BCUT2D eigenvalue weighted by atomic mass is 16.3. The van der Waals surface area contributed by atoms with E-state index in [4.69, 9.17) is 4.42 Å². The van der Waals surface area contributed by atoms with Gasteiger partial charge in [0.1, 0.15) is 0 Å². The van der Waals surface area contributed by atoms with Crippen molar-refractivity contribution >= 4 is 17.6 Å². The molecule has 0 bridgehead atoms. The summed E-state index contributed by atoms with van der Waals surface area (Å²) in [6, 6.07) is 21.8. The fourth-order valence-corrected chi connectivity index (χ4v) is 3.87. The Balaban J connectivity index is 1.58. The van der Waals surface area contributed by atoms with Gasteiger partial charge in [-0.2, -0.15) is 14.8 Å². The fourth-order valence-electron chi connectivity index (χ4n) is 3.87. The molecule has 0 aliphatic rings. The molecule has 0 fully saturated rings. The lowest BCUT2D eigenvalue weighted by Crippen LogP contribution is -2.31. The number of aryl methyl sites for hydroxylation is 1. The summed E-state index contributed by atoms with van der Waals surface area (Å²) in [7, 11) is 0. The van der Waals surface area contributed by atoms with Gasteiger partial charge >= 0.3 is 0 Å². The zero-order valence-corrected chi connectivity index (χ0v) is 18.8. The van der Waals surface area contributed by atoms with E-state index in [9.17, 15) is 14.9 Å². The molecular formula is C26H20N6O3. The quantitative estimate of drug-likeness (QED) is 0.410. The smallest absolute Gasteiger partial charge is 0.296 e. The topological polar surface area (TPSA) is 120 Å². The molecular weight excluding hydrogens is 444 g/mol. The Hall–Kier alpha value is -4.97. The van der Waals surface area contributed by atoms with E-state index in [0.717, 1.165) is 5.56 Å². The van der Waals surface area contributed by atoms with Gasteiger partial charge in [-0.15, -0.1) is 0 Å². The Morgan fingerprint density at radius 1 is 1.09 bits per heavy atom. The number of amides is 1. The van der Waals surface area contributed by atoms with Crippen LogP contribution in [-0.4, -0.2) is 25.5 Å². The van der Waals surface area contributed by atoms with Crippen molar-refractivity contribution in [1.82, 2.24) is 19.6 Å². The van der Waals surface area contributed by atoms with Crippen LogP contribution in [0.3, 0.4) is 0 Å². The molecule has 3 aromatic heterocycles. The van der Waals surface area contributed by atoms with Crippen molar-refractivity contribution in [2.75, 3.05) is 4.90 Å². The number of aromatic nitrogens is 4. The van der Waals surface area contributed by atoms with Crippen LogP contribution in [0.2, 0.25) is 0 Å². The number of nitrogens with zero attached hydrogens (tertiary/aromatic N) is 5. The number of benzene rings is 2. The number of furan rings is 1. The Labute approximate surface area is 199 Å². The molecule has 3 heterocycles. The SMILES string of the molecule is Cc1nc2nc(N(Cc3cccc(C#N)c3)C(=O)c3ccco3)[nH]n2c(=O)c1Cc1ccccc1. The van der Waals surface area contributed by atoms with Gasteiger partial charge in [0.05, 0.1) is 30.1 Å². The van der Waals surface area contributed by atoms with Gasteiger partial charge in [-0.05, 0) is 42.3 Å². The largest absolute Gasteiger partial charge is 0.459 e. The van der Waals surface area contributed by atoms with Crippen LogP contribution in [0.5, 0.6) is 0 Å². The van der Waals surface area contributed by atoms with Crippen LogP contribution < -0.4 is 10.5 Å². The van der Waals surface area contributed by atoms with Gasteiger partial charge < -0.3 is 4.42 Å². The average Bonchev–Trinajstić information content (AvgIpc) is 3.56. The fraction of sp³-hybridized carbons (Fsp3) is 0.115. The minimum absolute atomic E-state index is 0.0967. The van der Waals surface area contributed by atoms with E-state index in [0.29, 0.717) is 28.8 Å². The van der Waals surface area contributed by atoms with E-state index in [1.807, 2.05) is 30.3 Å². The van der Waals surface area contributed by atoms with E-state index in [1.165, 1.54) is 15.7 Å². The van der Waals surface area contributed by atoms with E-state index in [2.05, 4.69) is 21.1 Å². The van der Waals surface area contributed by atoms with E-state index in [-0.39, 0.29) is 29.6 Å². The minimum atomic E-state index is -0.453. The lowest BCUT2D eigenvalue weighted by molar-refractivity contribution is 0.0956. The Morgan fingerprint density at radius 2 is 1.89 bits per heavy atom. The summed E-state index contributed by atoms with van der Waals surface area (Å²) in [6.07, 6.45) is 1.83. The summed E-state index contributed by atoms with van der Waals surface area (Å²) in [5, 5.41) is 12.2. The number of aromatic amines is 1. The molecule has 35 heavy (non-hydrogen) atoms. The van der Waals surface area contributed by atoms with E-state index in [1.54, 1.807) is 43.3 Å². The molecule has 172 valence electrons. The molecule has 0 saturated carbocycles. The molecule has 0 aliphatic carbocycles. The Morgan fingerprint density at radius 3 is 2.63 bits per heavy atom. The number of fused-ring (bicyclic) bond motifs is 1. The standard InChI is InChI=1S/C26H20N6O3/c1-17-21(14-18-7-3-2-4-8-18)23(33)32-25(28-17)29-26(30-32)31(24(34)22-11-6-12-35-22)16-20-10-5-9-19(13-20)15-27/h2-13H,14,16H2,1H3,(H,28,29,30). The lowest BCUT2D eigenvalue weighted by Gasteiger charge is -2.18. The number of carbonyl (C=O) groups excluding carboxylic acids is 1. The second kappa shape index (κ2) is 9.11. The second-order valence-electron chi connectivity index (χ2n) is 8.01. The third kappa shape index (κ3) is 4.32. The van der Waals surface area contributed by atoms with Crippen molar-refractivity contribution in [2.24, 2.45) is 0 Å². The maximum Gasteiger partial charge on any atom is 0.296 e. The van der Waals surface area contributed by atoms with Crippen molar-refractivity contribution in [3.63, 3.8) is 0 Å². The van der Waals surface area contributed by atoms with Gasteiger partial charge in [-0.25, -0.2) is 4.98 Å². The van der Waals surface area contributed by atoms with E-state index < -0.39 is 5.91 Å². The van der Waals surface area contributed by atoms with Gasteiger partial charge in [-0.3, -0.25) is 19.6 Å². The predicted octanol–water partition coefficient (Wildman–Crippen LogP) is 3.63. The van der Waals surface area contributed by atoms with Gasteiger partial charge in [0.15, 0.2) is 5.76 Å². The summed E-state index contributed by atoms with van der Waals surface area (Å²) in [6.45, 7) is 1.87. The first kappa shape index (κ1) is 21.9. The number of H-pyrrole nitrogens is 1. The molecule has 0 saturated heterocycles. The number of nitrogens with one attached hydrogen (secondary N) is 1. The third-order valence-corrected chi connectivity index (χ3v) is 5.64. The third-order valence-electron chi connectivity index (χ3n) is 5.64. The summed E-state index contributed by atoms with van der Waals surface area (Å²) in [5.41, 5.74) is 2.99. The molecule has 5 rings (SSSR count). The lowest BCUT2D eigenvalue weighted by atomic mass is 10.1. The molecule has 0 radical (unpaired) electrons. The maximum atomic E-state index is 13.3. The molecule has 9 heteroatoms. The number of hydrogen-bond acceptors (Lipinski definition) is 6. The van der Waals surface area contributed by atoms with Gasteiger partial charge in [0.25, 0.3) is 17.2 Å². The summed E-state index contributed by atoms with van der Waals surface area (Å²) >= 11 is 0. The minimum Gasteiger partial charge on any atom is -0.459 e. The highest BCUT2D eigenvalue weighted by molar-refractivity contribution is 6.03. The molecule has 9 nitrogen and oxygen atoms in total. The first-order chi connectivity index (χ1) is 17.0. The monoisotopic (exact) mass is 464 g/mol. The van der Waals surface area contributed by atoms with E-state index >= 15 is 0 Å². The van der Waals surface area contributed by atoms with Crippen LogP contribution >= 0.6 is 0 Å². The first-order valence-corrected chi connectivity index (χ1v) is 10.9. The van der Waals surface area contributed by atoms with Crippen molar-refractivity contribution in [2.45, 2.75) is 19.9 Å². The average molecular weight is 464 g/mol. The number of anilines is 1. The normalized spacial score (nSPS) is 10.9. The van der Waals surface area contributed by atoms with Crippen LogP contribution in [0.1, 0.15) is 38.5 Å². The van der Waals surface area contributed by atoms with Crippen LogP contribution in [0.15, 0.2) is 82.2 Å². The molecule has 2 aromatic carbocycles. The Kier molecular flexibility index (Phi) is 5.69. The first-order valence-electron chi connectivity index (χ1n) is 10.9. The molecule has 1 N–H and O–H groups in total. The highest BCUT2D eigenvalue weighted by Crippen LogP contribution is 2.19. The predicted molar refractivity (Wildman–Crippen MR) is 128 cm³/mol. The maximum absolute atomic E-state index is 13.3. The van der Waals surface area contributed by atoms with Crippen LogP contribution in [-0.2, 0) is 13.0 Å². The Bertz CT molecular complexity index is 1610. The second-order valence-corrected chi connectivity index (χ2v) is 8.01. The summed E-state index contributed by atoms with van der Waals surface area (Å²) in [5.74, 6) is -0.0502. The van der Waals surface area contributed by atoms with Gasteiger partial charge in [0.2, 0.25) is 5.95 Å². The molecule has 1 amide bonds. The van der Waals surface area contributed by atoms with Crippen molar-refractivity contribution < 1.29 is 9.21 Å². The number of carbonyl (C=O) groups is 1. The van der Waals surface area contributed by atoms with Crippen LogP contribution in [0, 0.1) is 18.3 Å². The highest BCUT2D eigenvalue weighted by Gasteiger charge is 2.25. The molecule has 0 atom stereocenters. The van der Waals surface area contributed by atoms with Crippen LogP contribution in [0.25, 0.3) is 5.78 Å². The zero-order chi connectivity index (χ0) is 24.4. The number of rotatable bonds is 6. The zero-order valence-electron chi connectivity index (χ0n) is 18.8. The number of nitriles is 1. The van der Waals surface area contributed by atoms with Crippen molar-refractivity contribution in [3.05, 3.63) is 117 Å². The van der Waals surface area contributed by atoms with Gasteiger partial charge in [0, 0.05) is 12.0 Å². The molecule has 0 spiro atoms. The summed E-state index contributed by atoms with van der Waals surface area (Å²) in [4.78, 5) is 36.9. The molecule has 0 unspecified atom stereocenters. The van der Waals surface area contributed by atoms with Crippen molar-refractivity contribution in [3.8, 4) is 6.07 Å². The molecule has 0 aliphatic heterocycles. The number of hydrogen-bond donors (Lipinski definition) is 1.